The maximum atomic E-state index is 12.6. The Morgan fingerprint density at radius 3 is 2.32 bits per heavy atom. The number of anilines is 2. The minimum absolute atomic E-state index is 0.0488. The summed E-state index contributed by atoms with van der Waals surface area (Å²) in [4.78, 5) is 16.0. The summed E-state index contributed by atoms with van der Waals surface area (Å²) in [5, 5.41) is 15.0. The number of alkyl halides is 3. The Kier molecular flexibility index (Phi) is 5.60. The number of para-hydroxylation sites is 2. The highest BCUT2D eigenvalue weighted by Crippen LogP contribution is 2.30. The molecule has 0 bridgehead atoms. The number of nitrogens with one attached hydrogen (secondary N) is 1. The van der Waals surface area contributed by atoms with E-state index in [0.29, 0.717) is 37.8 Å². The number of benzene rings is 1. The molecule has 0 atom stereocenters. The maximum Gasteiger partial charge on any atom is 0.573 e. The lowest BCUT2D eigenvalue weighted by Crippen LogP contribution is -2.50. The van der Waals surface area contributed by atoms with Crippen LogP contribution in [0.15, 0.2) is 54.9 Å². The summed E-state index contributed by atoms with van der Waals surface area (Å²) in [6, 6.07) is 10.3. The first-order valence-corrected chi connectivity index (χ1v) is 9.38. The lowest BCUT2D eigenvalue weighted by Gasteiger charge is -2.35. The second-order valence-electron chi connectivity index (χ2n) is 6.65. The third-order valence-corrected chi connectivity index (χ3v) is 4.62. The molecule has 2 amide bonds. The van der Waals surface area contributed by atoms with Crippen molar-refractivity contribution in [2.75, 3.05) is 36.4 Å². The van der Waals surface area contributed by atoms with Gasteiger partial charge in [-0.2, -0.15) is 5.10 Å². The van der Waals surface area contributed by atoms with E-state index in [-0.39, 0.29) is 5.69 Å². The fraction of sp³-hybridized carbons (Fsp3) is 0.263. The fourth-order valence-electron chi connectivity index (χ4n) is 3.13. The van der Waals surface area contributed by atoms with Crippen LogP contribution in [-0.4, -0.2) is 63.5 Å². The number of nitrogens with zero attached hydrogens (tertiary/aromatic N) is 6. The Hall–Kier alpha value is -3.83. The van der Waals surface area contributed by atoms with Crippen molar-refractivity contribution in [1.82, 2.24) is 24.9 Å². The molecule has 0 unspecified atom stereocenters. The number of halogens is 3. The Bertz CT molecular complexity index is 1020. The zero-order valence-electron chi connectivity index (χ0n) is 16.2. The summed E-state index contributed by atoms with van der Waals surface area (Å²) in [6.07, 6.45) is -1.44. The van der Waals surface area contributed by atoms with Gasteiger partial charge in [0.05, 0.1) is 5.69 Å². The van der Waals surface area contributed by atoms with Gasteiger partial charge in [0.15, 0.2) is 17.4 Å². The summed E-state index contributed by atoms with van der Waals surface area (Å²) in [7, 11) is 0. The normalized spacial score (nSPS) is 14.4. The lowest BCUT2D eigenvalue weighted by molar-refractivity contribution is -0.274. The molecule has 3 aromatic rings. The van der Waals surface area contributed by atoms with E-state index in [4.69, 9.17) is 0 Å². The first kappa shape index (κ1) is 20.4. The van der Waals surface area contributed by atoms with Crippen LogP contribution in [0.5, 0.6) is 5.75 Å². The molecular formula is C19H18F3N7O2. The molecule has 0 aliphatic carbocycles. The van der Waals surface area contributed by atoms with E-state index in [1.54, 1.807) is 29.2 Å². The molecule has 1 aliphatic heterocycles. The van der Waals surface area contributed by atoms with Crippen LogP contribution in [0.2, 0.25) is 0 Å². The molecule has 31 heavy (non-hydrogen) atoms. The van der Waals surface area contributed by atoms with Crippen molar-refractivity contribution in [3.05, 3.63) is 54.9 Å². The zero-order valence-corrected chi connectivity index (χ0v) is 16.2. The van der Waals surface area contributed by atoms with Crippen LogP contribution >= 0.6 is 0 Å². The van der Waals surface area contributed by atoms with E-state index in [1.807, 2.05) is 11.0 Å². The topological polar surface area (TPSA) is 88.4 Å². The van der Waals surface area contributed by atoms with Gasteiger partial charge >= 0.3 is 12.4 Å². The van der Waals surface area contributed by atoms with Crippen LogP contribution in [0.4, 0.5) is 29.5 Å². The molecule has 1 fully saturated rings. The molecule has 162 valence electrons. The average molecular weight is 433 g/mol. The van der Waals surface area contributed by atoms with Crippen LogP contribution in [-0.2, 0) is 0 Å². The number of carbonyl (C=O) groups is 1. The molecule has 12 heteroatoms. The minimum atomic E-state index is -4.85. The first-order chi connectivity index (χ1) is 14.9. The largest absolute Gasteiger partial charge is 0.573 e. The zero-order chi connectivity index (χ0) is 21.8. The highest BCUT2D eigenvalue weighted by molar-refractivity contribution is 5.91. The molecule has 2 aromatic heterocycles. The van der Waals surface area contributed by atoms with Crippen LogP contribution in [0.1, 0.15) is 0 Å². The van der Waals surface area contributed by atoms with Crippen molar-refractivity contribution in [3.63, 3.8) is 0 Å². The number of hydrogen-bond acceptors (Lipinski definition) is 6. The number of amides is 2. The number of aromatic nitrogens is 4. The molecule has 3 heterocycles. The van der Waals surface area contributed by atoms with Gasteiger partial charge in [-0.1, -0.05) is 12.1 Å². The van der Waals surface area contributed by atoms with E-state index < -0.39 is 18.1 Å². The molecular weight excluding hydrogens is 415 g/mol. The van der Waals surface area contributed by atoms with Gasteiger partial charge in [-0.15, -0.1) is 23.4 Å². The summed E-state index contributed by atoms with van der Waals surface area (Å²) >= 11 is 0. The summed E-state index contributed by atoms with van der Waals surface area (Å²) in [5.41, 5.74) is -0.0488. The van der Waals surface area contributed by atoms with E-state index in [1.165, 1.54) is 23.1 Å². The second kappa shape index (κ2) is 8.50. The number of rotatable bonds is 4. The number of piperazine rings is 1. The molecule has 1 N–H and O–H groups in total. The van der Waals surface area contributed by atoms with Crippen LogP contribution in [0, 0.1) is 0 Å². The fourth-order valence-corrected chi connectivity index (χ4v) is 3.13. The van der Waals surface area contributed by atoms with Crippen molar-refractivity contribution >= 4 is 17.5 Å². The van der Waals surface area contributed by atoms with Crippen molar-refractivity contribution in [3.8, 4) is 11.6 Å². The molecule has 9 nitrogen and oxygen atoms in total. The summed E-state index contributed by atoms with van der Waals surface area (Å²) in [6.45, 7) is 1.75. The average Bonchev–Trinajstić information content (AvgIpc) is 3.29. The summed E-state index contributed by atoms with van der Waals surface area (Å²) < 4.78 is 43.2. The van der Waals surface area contributed by atoms with Gasteiger partial charge in [0.2, 0.25) is 0 Å². The van der Waals surface area contributed by atoms with Crippen LogP contribution < -0.4 is 15.0 Å². The highest BCUT2D eigenvalue weighted by atomic mass is 19.4. The lowest BCUT2D eigenvalue weighted by atomic mass is 10.3. The molecule has 0 radical (unpaired) electrons. The Labute approximate surface area is 175 Å². The minimum Gasteiger partial charge on any atom is -0.404 e. The molecule has 1 saturated heterocycles. The third kappa shape index (κ3) is 5.02. The smallest absolute Gasteiger partial charge is 0.404 e. The SMILES string of the molecule is O=C(Nc1ccccc1OC(F)(F)F)N1CCN(c2ccc(-n3cccn3)nn2)CC1. The molecule has 1 aliphatic rings. The van der Waals surface area contributed by atoms with Gasteiger partial charge in [-0.3, -0.25) is 0 Å². The van der Waals surface area contributed by atoms with Crippen molar-refractivity contribution in [2.45, 2.75) is 6.36 Å². The number of urea groups is 1. The van der Waals surface area contributed by atoms with E-state index in [9.17, 15) is 18.0 Å². The van der Waals surface area contributed by atoms with Crippen LogP contribution in [0.3, 0.4) is 0 Å². The van der Waals surface area contributed by atoms with E-state index in [2.05, 4.69) is 25.3 Å². The predicted molar refractivity (Wildman–Crippen MR) is 105 cm³/mol. The Morgan fingerprint density at radius 2 is 1.68 bits per heavy atom. The van der Waals surface area contributed by atoms with Gasteiger partial charge in [0.1, 0.15) is 0 Å². The number of ether oxygens (including phenoxy) is 1. The van der Waals surface area contributed by atoms with Crippen molar-refractivity contribution in [2.24, 2.45) is 0 Å². The molecule has 0 saturated carbocycles. The second-order valence-corrected chi connectivity index (χ2v) is 6.65. The molecule has 0 spiro atoms. The number of hydrogen-bond donors (Lipinski definition) is 1. The maximum absolute atomic E-state index is 12.6. The van der Waals surface area contributed by atoms with E-state index in [0.717, 1.165) is 6.07 Å². The van der Waals surface area contributed by atoms with Gasteiger partial charge in [-0.05, 0) is 30.3 Å². The molecule has 1 aromatic carbocycles. The Morgan fingerprint density at radius 1 is 0.968 bits per heavy atom. The van der Waals surface area contributed by atoms with Crippen molar-refractivity contribution in [1.29, 1.82) is 0 Å². The standard InChI is InChI=1S/C19H18F3N7O2/c20-19(21,22)31-15-5-2-1-4-14(15)24-18(30)28-12-10-27(11-13-28)16-6-7-17(26-25-16)29-9-3-8-23-29/h1-9H,10-13H2,(H,24,30). The molecule has 4 rings (SSSR count). The monoisotopic (exact) mass is 433 g/mol. The predicted octanol–water partition coefficient (Wildman–Crippen LogP) is 2.92. The third-order valence-electron chi connectivity index (χ3n) is 4.62. The van der Waals surface area contributed by atoms with Gasteiger partial charge in [-0.25, -0.2) is 9.48 Å². The quantitative estimate of drug-likeness (QED) is 0.681. The highest BCUT2D eigenvalue weighted by Gasteiger charge is 2.32. The first-order valence-electron chi connectivity index (χ1n) is 9.38. The van der Waals surface area contributed by atoms with Crippen LogP contribution in [0.25, 0.3) is 5.82 Å². The van der Waals surface area contributed by atoms with Gasteiger partial charge in [0.25, 0.3) is 0 Å². The van der Waals surface area contributed by atoms with E-state index >= 15 is 0 Å². The van der Waals surface area contributed by atoms with Gasteiger partial charge < -0.3 is 19.9 Å². The summed E-state index contributed by atoms with van der Waals surface area (Å²) in [5.74, 6) is 0.793. The Balaban J connectivity index is 1.34. The van der Waals surface area contributed by atoms with Crippen molar-refractivity contribution < 1.29 is 22.7 Å². The van der Waals surface area contributed by atoms with Gasteiger partial charge in [0, 0.05) is 38.6 Å². The number of carbonyl (C=O) groups excluding carboxylic acids is 1.